The first-order valence-electron chi connectivity index (χ1n) is 10.2. The van der Waals surface area contributed by atoms with Crippen LogP contribution in [0.1, 0.15) is 20.7 Å². The molecule has 5 rings (SSSR count). The highest BCUT2D eigenvalue weighted by Gasteiger charge is 2.38. The van der Waals surface area contributed by atoms with Crippen LogP contribution in [0.2, 0.25) is 0 Å². The van der Waals surface area contributed by atoms with Crippen LogP contribution < -0.4 is 15.1 Å². The summed E-state index contributed by atoms with van der Waals surface area (Å²) in [6.45, 7) is 4.09. The third-order valence-electron chi connectivity index (χ3n) is 5.24. The lowest BCUT2D eigenvalue weighted by Gasteiger charge is -2.21. The molecular weight excluding hydrogens is 436 g/mol. The molecule has 33 heavy (non-hydrogen) atoms. The number of hydrogen-bond acceptors (Lipinski definition) is 5. The molecule has 162 valence electrons. The minimum atomic E-state index is -0.383. The summed E-state index contributed by atoms with van der Waals surface area (Å²) >= 11 is 1.22. The Morgan fingerprint density at radius 3 is 2.33 bits per heavy atom. The Kier molecular flexibility index (Phi) is 5.20. The number of para-hydroxylation sites is 1. The van der Waals surface area contributed by atoms with Crippen LogP contribution in [0.15, 0.2) is 85.5 Å². The predicted molar refractivity (Wildman–Crippen MR) is 130 cm³/mol. The lowest BCUT2D eigenvalue weighted by Crippen LogP contribution is -2.35. The minimum Gasteiger partial charge on any atom is -0.307 e. The number of carbonyl (C=O) groups is 3. The number of carbonyl (C=O) groups excluding carboxylic acids is 3. The molecule has 0 bridgehead atoms. The Hall–Kier alpha value is -4.30. The SMILES string of the molecule is C=CCN(C(=O)Nc1ccc2nc(N3C(=O)c4ccccc4C3=O)sc2c1)c1ccccc1. The van der Waals surface area contributed by atoms with Crippen LogP contribution in [0.25, 0.3) is 10.2 Å². The molecular formula is C25H18N4O3S. The lowest BCUT2D eigenvalue weighted by atomic mass is 10.1. The van der Waals surface area contributed by atoms with Crippen LogP contribution in [-0.2, 0) is 0 Å². The monoisotopic (exact) mass is 454 g/mol. The fourth-order valence-electron chi connectivity index (χ4n) is 3.68. The fraction of sp³-hybridized carbons (Fsp3) is 0.0400. The molecule has 0 radical (unpaired) electrons. The van der Waals surface area contributed by atoms with Gasteiger partial charge in [0.15, 0.2) is 0 Å². The third kappa shape index (κ3) is 3.66. The van der Waals surface area contributed by atoms with Crippen LogP contribution in [-0.4, -0.2) is 29.4 Å². The normalized spacial score (nSPS) is 12.7. The van der Waals surface area contributed by atoms with Gasteiger partial charge in [-0.05, 0) is 42.5 Å². The fourth-order valence-corrected chi connectivity index (χ4v) is 4.68. The maximum atomic E-state index is 12.9. The van der Waals surface area contributed by atoms with Crippen molar-refractivity contribution in [3.05, 3.63) is 96.6 Å². The van der Waals surface area contributed by atoms with Gasteiger partial charge in [-0.1, -0.05) is 47.7 Å². The molecule has 1 N–H and O–H groups in total. The summed E-state index contributed by atoms with van der Waals surface area (Å²) in [6.07, 6.45) is 1.66. The van der Waals surface area contributed by atoms with Gasteiger partial charge < -0.3 is 5.32 Å². The largest absolute Gasteiger partial charge is 0.326 e. The van der Waals surface area contributed by atoms with Gasteiger partial charge in [0.1, 0.15) is 0 Å². The van der Waals surface area contributed by atoms with E-state index in [0.29, 0.717) is 34.0 Å². The first-order valence-corrected chi connectivity index (χ1v) is 11.0. The summed E-state index contributed by atoms with van der Waals surface area (Å²) < 4.78 is 0.745. The van der Waals surface area contributed by atoms with Gasteiger partial charge in [0.25, 0.3) is 11.8 Å². The van der Waals surface area contributed by atoms with Crippen LogP contribution in [0, 0.1) is 0 Å². The summed E-state index contributed by atoms with van der Waals surface area (Å²) in [7, 11) is 0. The van der Waals surface area contributed by atoms with E-state index in [4.69, 9.17) is 0 Å². The Balaban J connectivity index is 1.41. The Labute approximate surface area is 193 Å². The van der Waals surface area contributed by atoms with Crippen molar-refractivity contribution in [3.63, 3.8) is 0 Å². The first kappa shape index (κ1) is 20.6. The maximum absolute atomic E-state index is 12.9. The summed E-state index contributed by atoms with van der Waals surface area (Å²) in [6, 6.07) is 21.0. The number of anilines is 3. The van der Waals surface area contributed by atoms with Crippen molar-refractivity contribution in [1.82, 2.24) is 4.98 Å². The summed E-state index contributed by atoms with van der Waals surface area (Å²) in [4.78, 5) is 45.6. The van der Waals surface area contributed by atoms with E-state index in [1.165, 1.54) is 11.3 Å². The number of benzene rings is 3. The molecule has 0 fully saturated rings. The molecule has 0 saturated carbocycles. The molecule has 4 amide bonds. The minimum absolute atomic E-state index is 0.300. The van der Waals surface area contributed by atoms with Crippen molar-refractivity contribution >= 4 is 55.9 Å². The molecule has 0 aliphatic carbocycles. The lowest BCUT2D eigenvalue weighted by molar-refractivity contribution is 0.0926. The van der Waals surface area contributed by atoms with Crippen molar-refractivity contribution in [2.75, 3.05) is 21.7 Å². The van der Waals surface area contributed by atoms with Crippen molar-refractivity contribution in [2.45, 2.75) is 0 Å². The van der Waals surface area contributed by atoms with Crippen molar-refractivity contribution in [3.8, 4) is 0 Å². The molecule has 1 aromatic heterocycles. The Morgan fingerprint density at radius 2 is 1.67 bits per heavy atom. The number of nitrogens with one attached hydrogen (secondary N) is 1. The van der Waals surface area contributed by atoms with E-state index in [9.17, 15) is 14.4 Å². The highest BCUT2D eigenvalue weighted by Crippen LogP contribution is 2.35. The predicted octanol–water partition coefficient (Wildman–Crippen LogP) is 5.32. The highest BCUT2D eigenvalue weighted by atomic mass is 32.1. The van der Waals surface area contributed by atoms with E-state index < -0.39 is 0 Å². The van der Waals surface area contributed by atoms with Crippen LogP contribution >= 0.6 is 11.3 Å². The molecule has 1 aliphatic rings. The molecule has 0 unspecified atom stereocenters. The highest BCUT2D eigenvalue weighted by molar-refractivity contribution is 7.22. The van der Waals surface area contributed by atoms with Gasteiger partial charge in [-0.15, -0.1) is 6.58 Å². The second-order valence-corrected chi connectivity index (χ2v) is 8.34. The molecule has 1 aliphatic heterocycles. The first-order chi connectivity index (χ1) is 16.1. The van der Waals surface area contributed by atoms with Crippen LogP contribution in [0.3, 0.4) is 0 Å². The van der Waals surface area contributed by atoms with Gasteiger partial charge >= 0.3 is 6.03 Å². The van der Waals surface area contributed by atoms with E-state index in [1.807, 2.05) is 30.3 Å². The number of aromatic nitrogens is 1. The maximum Gasteiger partial charge on any atom is 0.326 e. The molecule has 0 saturated heterocycles. The number of fused-ring (bicyclic) bond motifs is 2. The van der Waals surface area contributed by atoms with Crippen molar-refractivity contribution < 1.29 is 14.4 Å². The molecule has 0 spiro atoms. The van der Waals surface area contributed by atoms with Crippen molar-refractivity contribution in [2.24, 2.45) is 0 Å². The molecule has 0 atom stereocenters. The van der Waals surface area contributed by atoms with Gasteiger partial charge in [-0.3, -0.25) is 14.5 Å². The van der Waals surface area contributed by atoms with E-state index in [-0.39, 0.29) is 17.8 Å². The zero-order valence-corrected chi connectivity index (χ0v) is 18.2. The molecule has 4 aromatic rings. The van der Waals surface area contributed by atoms with E-state index in [2.05, 4.69) is 16.9 Å². The quantitative estimate of drug-likeness (QED) is 0.327. The Morgan fingerprint density at radius 1 is 1.00 bits per heavy atom. The number of rotatable bonds is 5. The van der Waals surface area contributed by atoms with E-state index in [1.54, 1.807) is 53.4 Å². The molecule has 8 heteroatoms. The zero-order valence-electron chi connectivity index (χ0n) is 17.4. The number of thiazole rings is 1. The number of nitrogens with zero attached hydrogens (tertiary/aromatic N) is 3. The van der Waals surface area contributed by atoms with Crippen LogP contribution in [0.4, 0.5) is 21.3 Å². The van der Waals surface area contributed by atoms with E-state index >= 15 is 0 Å². The van der Waals surface area contributed by atoms with Gasteiger partial charge in [0.05, 0.1) is 21.3 Å². The number of urea groups is 1. The summed E-state index contributed by atoms with van der Waals surface area (Å²) in [5.41, 5.74) is 2.71. The average Bonchev–Trinajstić information content (AvgIpc) is 3.36. The van der Waals surface area contributed by atoms with Gasteiger partial charge in [0.2, 0.25) is 5.13 Å². The van der Waals surface area contributed by atoms with Crippen LogP contribution in [0.5, 0.6) is 0 Å². The average molecular weight is 455 g/mol. The molecule has 7 nitrogen and oxygen atoms in total. The standard InChI is InChI=1S/C25H18N4O3S/c1-2-14-28(17-8-4-3-5-9-17)24(32)26-16-12-13-20-21(15-16)33-25(27-20)29-22(30)18-10-6-7-11-19(18)23(29)31/h2-13,15H,1,14H2,(H,26,32). The van der Waals surface area contributed by atoms with Crippen molar-refractivity contribution in [1.29, 1.82) is 0 Å². The summed E-state index contributed by atoms with van der Waals surface area (Å²) in [5, 5.41) is 3.20. The second-order valence-electron chi connectivity index (χ2n) is 7.34. The summed E-state index contributed by atoms with van der Waals surface area (Å²) in [5.74, 6) is -0.766. The zero-order chi connectivity index (χ0) is 22.9. The van der Waals surface area contributed by atoms with E-state index in [0.717, 1.165) is 15.3 Å². The van der Waals surface area contributed by atoms with Gasteiger partial charge in [-0.2, -0.15) is 0 Å². The number of amides is 4. The molecule has 3 aromatic carbocycles. The molecule has 2 heterocycles. The smallest absolute Gasteiger partial charge is 0.307 e. The number of imide groups is 1. The number of hydrogen-bond donors (Lipinski definition) is 1. The topological polar surface area (TPSA) is 82.6 Å². The Bertz CT molecular complexity index is 1380. The second kappa shape index (κ2) is 8.33. The van der Waals surface area contributed by atoms with Gasteiger partial charge in [-0.25, -0.2) is 14.7 Å². The third-order valence-corrected chi connectivity index (χ3v) is 6.24. The van der Waals surface area contributed by atoms with Gasteiger partial charge in [0, 0.05) is 17.9 Å².